The van der Waals surface area contributed by atoms with Gasteiger partial charge in [0.05, 0.1) is 0 Å². The van der Waals surface area contributed by atoms with Gasteiger partial charge in [0, 0.05) is 29.8 Å². The van der Waals surface area contributed by atoms with Gasteiger partial charge in [0.25, 0.3) is 0 Å². The van der Waals surface area contributed by atoms with Gasteiger partial charge in [0.15, 0.2) is 11.6 Å². The van der Waals surface area contributed by atoms with Crippen LogP contribution < -0.4 is 10.2 Å². The Morgan fingerprint density at radius 2 is 2.05 bits per heavy atom. The van der Waals surface area contributed by atoms with Crippen LogP contribution >= 0.6 is 15.9 Å². The molecule has 1 aromatic rings. The molecule has 0 atom stereocenters. The summed E-state index contributed by atoms with van der Waals surface area (Å²) >= 11 is 3.24. The Balaban J connectivity index is 1.53. The van der Waals surface area contributed by atoms with Crippen LogP contribution in [0.15, 0.2) is 16.7 Å². The highest BCUT2D eigenvalue weighted by Gasteiger charge is 2.25. The summed E-state index contributed by atoms with van der Waals surface area (Å²) in [6, 6.07) is 2.27. The van der Waals surface area contributed by atoms with Crippen LogP contribution in [-0.2, 0) is 0 Å². The SMILES string of the molecule is Fc1cc(Br)cnc1N1CCC(CNC2CC2)CC1. The fourth-order valence-electron chi connectivity index (χ4n) is 2.61. The van der Waals surface area contributed by atoms with Crippen molar-refractivity contribution < 1.29 is 4.39 Å². The lowest BCUT2D eigenvalue weighted by Crippen LogP contribution is -2.38. The average Bonchev–Trinajstić information content (AvgIpc) is 3.21. The van der Waals surface area contributed by atoms with Gasteiger partial charge in [-0.2, -0.15) is 0 Å². The minimum atomic E-state index is -0.232. The largest absolute Gasteiger partial charge is 0.354 e. The predicted molar refractivity (Wildman–Crippen MR) is 77.9 cm³/mol. The fraction of sp³-hybridized carbons (Fsp3) is 0.643. The Kier molecular flexibility index (Phi) is 4.03. The van der Waals surface area contributed by atoms with E-state index in [0.717, 1.165) is 44.4 Å². The van der Waals surface area contributed by atoms with Crippen molar-refractivity contribution in [1.82, 2.24) is 10.3 Å². The molecule has 3 nitrogen and oxygen atoms in total. The van der Waals surface area contributed by atoms with Crippen molar-refractivity contribution >= 4 is 21.7 Å². The number of nitrogens with zero attached hydrogens (tertiary/aromatic N) is 2. The summed E-state index contributed by atoms with van der Waals surface area (Å²) in [5.74, 6) is 0.996. The van der Waals surface area contributed by atoms with Crippen molar-refractivity contribution in [3.63, 3.8) is 0 Å². The molecule has 0 bridgehead atoms. The van der Waals surface area contributed by atoms with Crippen LogP contribution in [0, 0.1) is 11.7 Å². The molecule has 0 radical (unpaired) electrons. The van der Waals surface area contributed by atoms with E-state index in [0.29, 0.717) is 10.3 Å². The summed E-state index contributed by atoms with van der Waals surface area (Å²) in [5, 5.41) is 3.59. The molecule has 0 aromatic carbocycles. The zero-order valence-corrected chi connectivity index (χ0v) is 12.5. The second kappa shape index (κ2) is 5.75. The summed E-state index contributed by atoms with van der Waals surface area (Å²) < 4.78 is 14.5. The lowest BCUT2D eigenvalue weighted by Gasteiger charge is -2.33. The Morgan fingerprint density at radius 1 is 1.32 bits per heavy atom. The molecule has 2 aliphatic rings. The summed E-state index contributed by atoms with van der Waals surface area (Å²) in [6.07, 6.45) is 6.59. The molecule has 2 heterocycles. The highest BCUT2D eigenvalue weighted by atomic mass is 79.9. The Hall–Kier alpha value is -0.680. The van der Waals surface area contributed by atoms with Crippen LogP contribution in [0.4, 0.5) is 10.2 Å². The Labute approximate surface area is 121 Å². The van der Waals surface area contributed by atoms with E-state index in [9.17, 15) is 4.39 Å². The second-order valence-corrected chi connectivity index (χ2v) is 6.49. The number of hydrogen-bond acceptors (Lipinski definition) is 3. The van der Waals surface area contributed by atoms with Gasteiger partial charge < -0.3 is 10.2 Å². The number of aromatic nitrogens is 1. The molecule has 0 unspecified atom stereocenters. The number of anilines is 1. The van der Waals surface area contributed by atoms with Crippen molar-refractivity contribution in [2.45, 2.75) is 31.7 Å². The molecule has 1 saturated carbocycles. The van der Waals surface area contributed by atoms with Crippen LogP contribution in [0.3, 0.4) is 0 Å². The van der Waals surface area contributed by atoms with E-state index in [4.69, 9.17) is 0 Å². The molecule has 2 fully saturated rings. The summed E-state index contributed by atoms with van der Waals surface area (Å²) in [4.78, 5) is 6.26. The number of pyridine rings is 1. The third-order valence-electron chi connectivity index (χ3n) is 3.98. The van der Waals surface area contributed by atoms with Gasteiger partial charge in [-0.3, -0.25) is 0 Å². The van der Waals surface area contributed by atoms with E-state index in [1.54, 1.807) is 6.20 Å². The Morgan fingerprint density at radius 3 is 2.68 bits per heavy atom. The molecule has 5 heteroatoms. The first-order valence-corrected chi connectivity index (χ1v) is 7.81. The number of piperidine rings is 1. The zero-order valence-electron chi connectivity index (χ0n) is 10.9. The summed E-state index contributed by atoms with van der Waals surface area (Å²) in [6.45, 7) is 2.93. The van der Waals surface area contributed by atoms with Gasteiger partial charge in [-0.25, -0.2) is 9.37 Å². The highest BCUT2D eigenvalue weighted by Crippen LogP contribution is 2.26. The van der Waals surface area contributed by atoms with E-state index >= 15 is 0 Å². The van der Waals surface area contributed by atoms with Gasteiger partial charge in [0.1, 0.15) is 0 Å². The molecule has 1 aliphatic carbocycles. The number of halogens is 2. The van der Waals surface area contributed by atoms with Gasteiger partial charge in [-0.05, 0) is 60.1 Å². The standard InChI is InChI=1S/C14H19BrFN3/c15-11-7-13(16)14(18-9-11)19-5-3-10(4-6-19)8-17-12-1-2-12/h7,9-10,12,17H,1-6,8H2. The first-order valence-electron chi connectivity index (χ1n) is 7.02. The minimum Gasteiger partial charge on any atom is -0.354 e. The van der Waals surface area contributed by atoms with Gasteiger partial charge >= 0.3 is 0 Å². The van der Waals surface area contributed by atoms with Crippen molar-refractivity contribution in [3.8, 4) is 0 Å². The van der Waals surface area contributed by atoms with Crippen molar-refractivity contribution in [1.29, 1.82) is 0 Å². The molecule has 1 aliphatic heterocycles. The quantitative estimate of drug-likeness (QED) is 0.921. The Bertz CT molecular complexity index is 442. The van der Waals surface area contributed by atoms with Crippen molar-refractivity contribution in [3.05, 3.63) is 22.6 Å². The second-order valence-electron chi connectivity index (χ2n) is 5.57. The smallest absolute Gasteiger partial charge is 0.166 e. The average molecular weight is 328 g/mol. The van der Waals surface area contributed by atoms with E-state index in [1.807, 2.05) is 0 Å². The maximum atomic E-state index is 13.8. The number of rotatable bonds is 4. The highest BCUT2D eigenvalue weighted by molar-refractivity contribution is 9.10. The molecule has 104 valence electrons. The number of hydrogen-bond donors (Lipinski definition) is 1. The van der Waals surface area contributed by atoms with Crippen LogP contribution in [-0.4, -0.2) is 30.7 Å². The maximum Gasteiger partial charge on any atom is 0.166 e. The summed E-state index contributed by atoms with van der Waals surface area (Å²) in [7, 11) is 0. The van der Waals surface area contributed by atoms with Crippen LogP contribution in [0.1, 0.15) is 25.7 Å². The van der Waals surface area contributed by atoms with Crippen LogP contribution in [0.2, 0.25) is 0 Å². The molecule has 0 spiro atoms. The predicted octanol–water partition coefficient (Wildman–Crippen LogP) is 2.95. The molecule has 3 rings (SSSR count). The zero-order chi connectivity index (χ0) is 13.2. The van der Waals surface area contributed by atoms with Gasteiger partial charge in [-0.15, -0.1) is 0 Å². The third kappa shape index (κ3) is 3.45. The first-order chi connectivity index (χ1) is 9.22. The normalized spacial score (nSPS) is 20.8. The van der Waals surface area contributed by atoms with Crippen molar-refractivity contribution in [2.75, 3.05) is 24.5 Å². The monoisotopic (exact) mass is 327 g/mol. The molecule has 19 heavy (non-hydrogen) atoms. The fourth-order valence-corrected chi connectivity index (χ4v) is 2.91. The van der Waals surface area contributed by atoms with Gasteiger partial charge in [0.2, 0.25) is 0 Å². The third-order valence-corrected chi connectivity index (χ3v) is 4.41. The molecular formula is C14H19BrFN3. The lowest BCUT2D eigenvalue weighted by atomic mass is 9.96. The first kappa shape index (κ1) is 13.3. The molecule has 1 saturated heterocycles. The maximum absolute atomic E-state index is 13.8. The van der Waals surface area contributed by atoms with E-state index in [-0.39, 0.29) is 5.82 Å². The molecule has 1 N–H and O–H groups in total. The van der Waals surface area contributed by atoms with E-state index in [2.05, 4.69) is 31.1 Å². The minimum absolute atomic E-state index is 0.232. The molecule has 1 aromatic heterocycles. The van der Waals surface area contributed by atoms with Crippen molar-refractivity contribution in [2.24, 2.45) is 5.92 Å². The number of nitrogens with one attached hydrogen (secondary N) is 1. The van der Waals surface area contributed by atoms with E-state index < -0.39 is 0 Å². The molecule has 0 amide bonds. The lowest BCUT2D eigenvalue weighted by molar-refractivity contribution is 0.378. The van der Waals surface area contributed by atoms with E-state index in [1.165, 1.54) is 18.9 Å². The van der Waals surface area contributed by atoms with Crippen LogP contribution in [0.25, 0.3) is 0 Å². The summed E-state index contributed by atoms with van der Waals surface area (Å²) in [5.41, 5.74) is 0. The topological polar surface area (TPSA) is 28.2 Å². The van der Waals surface area contributed by atoms with Gasteiger partial charge in [-0.1, -0.05) is 0 Å². The van der Waals surface area contributed by atoms with Crippen LogP contribution in [0.5, 0.6) is 0 Å². The molecular weight excluding hydrogens is 309 g/mol.